The van der Waals surface area contributed by atoms with Gasteiger partial charge in [-0.2, -0.15) is 13.2 Å². The van der Waals surface area contributed by atoms with Gasteiger partial charge < -0.3 is 14.8 Å². The lowest BCUT2D eigenvalue weighted by molar-refractivity contribution is -0.154. The summed E-state index contributed by atoms with van der Waals surface area (Å²) in [5, 5.41) is 2.89. The first-order valence-electron chi connectivity index (χ1n) is 7.60. The lowest BCUT2D eigenvalue weighted by Crippen LogP contribution is -2.32. The summed E-state index contributed by atoms with van der Waals surface area (Å²) in [6, 6.07) is 9.85. The number of fused-ring (bicyclic) bond motifs is 1. The third kappa shape index (κ3) is 4.40. The highest BCUT2D eigenvalue weighted by molar-refractivity contribution is 5.94. The molecule has 0 spiro atoms. The zero-order chi connectivity index (χ0) is 17.9. The highest BCUT2D eigenvalue weighted by atomic mass is 19.4. The van der Waals surface area contributed by atoms with Crippen molar-refractivity contribution in [2.24, 2.45) is 0 Å². The highest BCUT2D eigenvalue weighted by Gasteiger charge is 2.28. The van der Waals surface area contributed by atoms with Gasteiger partial charge in [-0.3, -0.25) is 4.79 Å². The summed E-state index contributed by atoms with van der Waals surface area (Å²) < 4.78 is 46.4. The molecule has 0 radical (unpaired) electrons. The van der Waals surface area contributed by atoms with Crippen molar-refractivity contribution >= 4 is 5.91 Å². The Bertz CT molecular complexity index is 748. The predicted molar refractivity (Wildman–Crippen MR) is 82.5 cm³/mol. The molecule has 1 atom stereocenters. The second-order valence-corrected chi connectivity index (χ2v) is 5.49. The van der Waals surface area contributed by atoms with E-state index in [-0.39, 0.29) is 23.4 Å². The van der Waals surface area contributed by atoms with E-state index < -0.39 is 12.8 Å². The van der Waals surface area contributed by atoms with Crippen molar-refractivity contribution in [3.8, 4) is 11.6 Å². The van der Waals surface area contributed by atoms with Crippen LogP contribution in [0.5, 0.6) is 11.6 Å². The van der Waals surface area contributed by atoms with E-state index in [9.17, 15) is 18.0 Å². The van der Waals surface area contributed by atoms with Gasteiger partial charge in [-0.25, -0.2) is 4.98 Å². The molecule has 0 fully saturated rings. The summed E-state index contributed by atoms with van der Waals surface area (Å²) in [5.41, 5.74) is 1.13. The fourth-order valence-corrected chi connectivity index (χ4v) is 2.49. The van der Waals surface area contributed by atoms with E-state index in [0.29, 0.717) is 13.0 Å². The van der Waals surface area contributed by atoms with Gasteiger partial charge >= 0.3 is 6.18 Å². The van der Waals surface area contributed by atoms with E-state index in [0.717, 1.165) is 11.3 Å². The average molecular weight is 352 g/mol. The molecule has 8 heteroatoms. The molecule has 1 N–H and O–H groups in total. The van der Waals surface area contributed by atoms with Gasteiger partial charge in [0.25, 0.3) is 5.91 Å². The maximum Gasteiger partial charge on any atom is 0.422 e. The molecule has 132 valence electrons. The molecule has 3 rings (SSSR count). The van der Waals surface area contributed by atoms with Gasteiger partial charge in [-0.15, -0.1) is 0 Å². The van der Waals surface area contributed by atoms with Crippen LogP contribution >= 0.6 is 0 Å². The van der Waals surface area contributed by atoms with E-state index >= 15 is 0 Å². The molecule has 0 aliphatic carbocycles. The number of carbonyl (C=O) groups is 1. The molecule has 0 bridgehead atoms. The number of ether oxygens (including phenoxy) is 2. The standard InChI is InChI=1S/C17H15F3N2O3/c18-17(19,20)10-25-15-6-5-11(9-21-15)16(23)22-13-7-8-24-14-4-2-1-3-12(13)14/h1-6,9,13H,7-8,10H2,(H,22,23). The van der Waals surface area contributed by atoms with Crippen molar-refractivity contribution in [1.82, 2.24) is 10.3 Å². The molecule has 1 aliphatic heterocycles. The Morgan fingerprint density at radius 1 is 1.28 bits per heavy atom. The van der Waals surface area contributed by atoms with Crippen LogP contribution in [0.3, 0.4) is 0 Å². The highest BCUT2D eigenvalue weighted by Crippen LogP contribution is 2.31. The number of nitrogens with one attached hydrogen (secondary N) is 1. The van der Waals surface area contributed by atoms with Crippen LogP contribution in [-0.4, -0.2) is 30.3 Å². The van der Waals surface area contributed by atoms with Gasteiger partial charge in [-0.1, -0.05) is 18.2 Å². The number of para-hydroxylation sites is 1. The number of aromatic nitrogens is 1. The normalized spacial score (nSPS) is 16.5. The van der Waals surface area contributed by atoms with Gasteiger partial charge in [0.05, 0.1) is 18.2 Å². The molecule has 0 saturated carbocycles. The summed E-state index contributed by atoms with van der Waals surface area (Å²) in [6.45, 7) is -0.936. The third-order valence-electron chi connectivity index (χ3n) is 3.65. The molecule has 25 heavy (non-hydrogen) atoms. The number of nitrogens with zero attached hydrogens (tertiary/aromatic N) is 1. The number of pyridine rings is 1. The van der Waals surface area contributed by atoms with E-state index in [1.54, 1.807) is 0 Å². The molecule has 1 aliphatic rings. The first kappa shape index (κ1) is 17.1. The number of benzene rings is 1. The molecule has 5 nitrogen and oxygen atoms in total. The topological polar surface area (TPSA) is 60.5 Å². The Hall–Kier alpha value is -2.77. The van der Waals surface area contributed by atoms with Crippen LogP contribution in [0.1, 0.15) is 28.4 Å². The molecule has 1 unspecified atom stereocenters. The number of carbonyl (C=O) groups excluding carboxylic acids is 1. The van der Waals surface area contributed by atoms with E-state index in [1.807, 2.05) is 24.3 Å². The quantitative estimate of drug-likeness (QED) is 0.917. The fourth-order valence-electron chi connectivity index (χ4n) is 2.49. The van der Waals surface area contributed by atoms with Crippen molar-refractivity contribution in [2.45, 2.75) is 18.6 Å². The smallest absolute Gasteiger partial charge is 0.422 e. The second-order valence-electron chi connectivity index (χ2n) is 5.49. The Labute approximate surface area is 141 Å². The average Bonchev–Trinajstić information content (AvgIpc) is 2.60. The minimum absolute atomic E-state index is 0.190. The molecule has 2 aromatic rings. The van der Waals surface area contributed by atoms with Crippen LogP contribution in [0.4, 0.5) is 13.2 Å². The maximum atomic E-state index is 12.3. The SMILES string of the molecule is O=C(NC1CCOc2ccccc21)c1ccc(OCC(F)(F)F)nc1. The van der Waals surface area contributed by atoms with Crippen molar-refractivity contribution in [2.75, 3.05) is 13.2 Å². The summed E-state index contributed by atoms with van der Waals surface area (Å²) in [6.07, 6.45) is -2.62. The first-order chi connectivity index (χ1) is 11.9. The number of amides is 1. The molecular weight excluding hydrogens is 337 g/mol. The zero-order valence-corrected chi connectivity index (χ0v) is 13.0. The summed E-state index contributed by atoms with van der Waals surface area (Å²) in [5.74, 6) is 0.176. The lowest BCUT2D eigenvalue weighted by Gasteiger charge is -2.26. The Balaban J connectivity index is 1.64. The Morgan fingerprint density at radius 2 is 2.08 bits per heavy atom. The summed E-state index contributed by atoms with van der Waals surface area (Å²) >= 11 is 0. The Kier molecular flexibility index (Phi) is 4.78. The van der Waals surface area contributed by atoms with Crippen LogP contribution in [-0.2, 0) is 0 Å². The number of alkyl halides is 3. The number of halogens is 3. The zero-order valence-electron chi connectivity index (χ0n) is 13.0. The van der Waals surface area contributed by atoms with Crippen molar-refractivity contribution in [3.63, 3.8) is 0 Å². The monoisotopic (exact) mass is 352 g/mol. The van der Waals surface area contributed by atoms with Gasteiger partial charge in [0.2, 0.25) is 5.88 Å². The van der Waals surface area contributed by atoms with Crippen LogP contribution < -0.4 is 14.8 Å². The van der Waals surface area contributed by atoms with Crippen LogP contribution in [0.25, 0.3) is 0 Å². The Morgan fingerprint density at radius 3 is 2.80 bits per heavy atom. The van der Waals surface area contributed by atoms with E-state index in [4.69, 9.17) is 4.74 Å². The minimum atomic E-state index is -4.44. The summed E-state index contributed by atoms with van der Waals surface area (Å²) in [7, 11) is 0. The molecular formula is C17H15F3N2O3. The van der Waals surface area contributed by atoms with E-state index in [2.05, 4.69) is 15.0 Å². The van der Waals surface area contributed by atoms with Gasteiger partial charge in [0.15, 0.2) is 6.61 Å². The van der Waals surface area contributed by atoms with Crippen LogP contribution in [0.15, 0.2) is 42.6 Å². The number of hydrogen-bond donors (Lipinski definition) is 1. The molecule has 2 heterocycles. The molecule has 0 saturated heterocycles. The predicted octanol–water partition coefficient (Wildman–Crippen LogP) is 3.28. The maximum absolute atomic E-state index is 12.3. The molecule has 1 aromatic carbocycles. The van der Waals surface area contributed by atoms with E-state index in [1.165, 1.54) is 18.3 Å². The van der Waals surface area contributed by atoms with Gasteiger partial charge in [-0.05, 0) is 12.1 Å². The minimum Gasteiger partial charge on any atom is -0.493 e. The van der Waals surface area contributed by atoms with Gasteiger partial charge in [0.1, 0.15) is 5.75 Å². The summed E-state index contributed by atoms with van der Waals surface area (Å²) in [4.78, 5) is 16.1. The van der Waals surface area contributed by atoms with Crippen molar-refractivity contribution in [1.29, 1.82) is 0 Å². The fraction of sp³-hybridized carbons (Fsp3) is 0.294. The lowest BCUT2D eigenvalue weighted by atomic mass is 10.0. The molecule has 1 amide bonds. The van der Waals surface area contributed by atoms with Crippen LogP contribution in [0, 0.1) is 0 Å². The van der Waals surface area contributed by atoms with Crippen molar-refractivity contribution < 1.29 is 27.4 Å². The van der Waals surface area contributed by atoms with Crippen molar-refractivity contribution in [3.05, 3.63) is 53.7 Å². The van der Waals surface area contributed by atoms with Gasteiger partial charge in [0, 0.05) is 24.2 Å². The first-order valence-corrected chi connectivity index (χ1v) is 7.60. The number of hydrogen-bond acceptors (Lipinski definition) is 4. The third-order valence-corrected chi connectivity index (χ3v) is 3.65. The number of rotatable bonds is 4. The largest absolute Gasteiger partial charge is 0.493 e. The molecule has 1 aromatic heterocycles. The van der Waals surface area contributed by atoms with Crippen LogP contribution in [0.2, 0.25) is 0 Å². The second kappa shape index (κ2) is 7.00.